The summed E-state index contributed by atoms with van der Waals surface area (Å²) in [7, 11) is 2.15. The minimum Gasteiger partial charge on any atom is -0.315 e. The van der Waals surface area contributed by atoms with Gasteiger partial charge in [-0.25, -0.2) is 0 Å². The van der Waals surface area contributed by atoms with Crippen LogP contribution < -0.4 is 5.32 Å². The van der Waals surface area contributed by atoms with E-state index in [9.17, 15) is 0 Å². The van der Waals surface area contributed by atoms with Crippen LogP contribution in [0.4, 0.5) is 0 Å². The molecule has 3 atom stereocenters. The third-order valence-electron chi connectivity index (χ3n) is 4.68. The second-order valence-corrected chi connectivity index (χ2v) is 6.08. The third-order valence-corrected chi connectivity index (χ3v) is 4.68. The molecule has 3 unspecified atom stereocenters. The molecule has 1 saturated heterocycles. The first-order valence-electron chi connectivity index (χ1n) is 7.12. The van der Waals surface area contributed by atoms with Gasteiger partial charge in [0.25, 0.3) is 0 Å². The minimum atomic E-state index is 0.732. The van der Waals surface area contributed by atoms with Crippen LogP contribution in [-0.4, -0.2) is 37.1 Å². The fourth-order valence-electron chi connectivity index (χ4n) is 3.73. The Bertz CT molecular complexity index is 211. The van der Waals surface area contributed by atoms with Crippen molar-refractivity contribution in [3.05, 3.63) is 0 Å². The highest BCUT2D eigenvalue weighted by molar-refractivity contribution is 4.87. The molecule has 94 valence electrons. The second-order valence-electron chi connectivity index (χ2n) is 6.08. The number of nitrogens with zero attached hydrogens (tertiary/aromatic N) is 1. The molecule has 1 aliphatic heterocycles. The Morgan fingerprint density at radius 2 is 1.94 bits per heavy atom. The SMILES string of the molecule is CNC(CN1CC(C)CC1C)C1CCCC1. The average molecular weight is 224 g/mol. The molecule has 0 bridgehead atoms. The largest absolute Gasteiger partial charge is 0.315 e. The Balaban J connectivity index is 1.86. The minimum absolute atomic E-state index is 0.732. The highest BCUT2D eigenvalue weighted by atomic mass is 15.2. The Morgan fingerprint density at radius 3 is 2.44 bits per heavy atom. The van der Waals surface area contributed by atoms with Crippen molar-refractivity contribution in [2.45, 2.75) is 58.0 Å². The Kier molecular flexibility index (Phi) is 4.26. The van der Waals surface area contributed by atoms with Gasteiger partial charge in [-0.3, -0.25) is 4.90 Å². The van der Waals surface area contributed by atoms with Gasteiger partial charge in [0.1, 0.15) is 0 Å². The molecule has 0 spiro atoms. The van der Waals surface area contributed by atoms with Crippen LogP contribution in [0.15, 0.2) is 0 Å². The molecule has 1 heterocycles. The van der Waals surface area contributed by atoms with Gasteiger partial charge in [0.2, 0.25) is 0 Å². The fourth-order valence-corrected chi connectivity index (χ4v) is 3.73. The smallest absolute Gasteiger partial charge is 0.0220 e. The topological polar surface area (TPSA) is 15.3 Å². The molecular formula is C14H28N2. The number of likely N-dealkylation sites (N-methyl/N-ethyl adjacent to an activating group) is 1. The summed E-state index contributed by atoms with van der Waals surface area (Å²) in [5.41, 5.74) is 0. The van der Waals surface area contributed by atoms with Crippen LogP contribution in [-0.2, 0) is 0 Å². The van der Waals surface area contributed by atoms with E-state index in [-0.39, 0.29) is 0 Å². The summed E-state index contributed by atoms with van der Waals surface area (Å²) in [6.07, 6.45) is 7.19. The maximum atomic E-state index is 3.56. The summed E-state index contributed by atoms with van der Waals surface area (Å²) >= 11 is 0. The first-order valence-corrected chi connectivity index (χ1v) is 7.12. The molecule has 2 nitrogen and oxygen atoms in total. The monoisotopic (exact) mass is 224 g/mol. The maximum Gasteiger partial charge on any atom is 0.0220 e. The molecule has 0 aromatic carbocycles. The molecule has 0 radical (unpaired) electrons. The molecule has 16 heavy (non-hydrogen) atoms. The molecule has 1 saturated carbocycles. The first-order chi connectivity index (χ1) is 7.70. The maximum absolute atomic E-state index is 3.56. The fraction of sp³-hybridized carbons (Fsp3) is 1.00. The van der Waals surface area contributed by atoms with Crippen LogP contribution >= 0.6 is 0 Å². The lowest BCUT2D eigenvalue weighted by atomic mass is 9.97. The molecule has 1 aliphatic carbocycles. The van der Waals surface area contributed by atoms with E-state index in [0.717, 1.165) is 23.9 Å². The van der Waals surface area contributed by atoms with Crippen LogP contribution in [0.1, 0.15) is 46.0 Å². The van der Waals surface area contributed by atoms with Crippen molar-refractivity contribution < 1.29 is 0 Å². The van der Waals surface area contributed by atoms with E-state index in [4.69, 9.17) is 0 Å². The van der Waals surface area contributed by atoms with E-state index in [1.54, 1.807) is 0 Å². The zero-order chi connectivity index (χ0) is 11.5. The predicted molar refractivity (Wildman–Crippen MR) is 69.6 cm³/mol. The molecule has 1 N–H and O–H groups in total. The van der Waals surface area contributed by atoms with E-state index in [2.05, 4.69) is 31.1 Å². The van der Waals surface area contributed by atoms with Crippen LogP contribution in [0.3, 0.4) is 0 Å². The zero-order valence-electron chi connectivity index (χ0n) is 11.2. The van der Waals surface area contributed by atoms with Crippen molar-refractivity contribution in [3.8, 4) is 0 Å². The van der Waals surface area contributed by atoms with Gasteiger partial charge in [-0.05, 0) is 45.1 Å². The number of likely N-dealkylation sites (tertiary alicyclic amines) is 1. The normalized spacial score (nSPS) is 34.7. The molecule has 0 aromatic rings. The van der Waals surface area contributed by atoms with E-state index in [1.807, 2.05) is 0 Å². The van der Waals surface area contributed by atoms with Gasteiger partial charge >= 0.3 is 0 Å². The van der Waals surface area contributed by atoms with Gasteiger partial charge in [-0.2, -0.15) is 0 Å². The van der Waals surface area contributed by atoms with Crippen molar-refractivity contribution in [1.82, 2.24) is 10.2 Å². The van der Waals surface area contributed by atoms with Gasteiger partial charge in [-0.15, -0.1) is 0 Å². The van der Waals surface area contributed by atoms with E-state index in [0.29, 0.717) is 0 Å². The molecule has 2 fully saturated rings. The van der Waals surface area contributed by atoms with E-state index >= 15 is 0 Å². The van der Waals surface area contributed by atoms with Crippen LogP contribution in [0, 0.1) is 11.8 Å². The number of rotatable bonds is 4. The average Bonchev–Trinajstić information content (AvgIpc) is 2.85. The lowest BCUT2D eigenvalue weighted by molar-refractivity contribution is 0.206. The third kappa shape index (κ3) is 2.78. The lowest BCUT2D eigenvalue weighted by Gasteiger charge is -2.30. The highest BCUT2D eigenvalue weighted by Gasteiger charge is 2.31. The Labute approximate surface area is 101 Å². The standard InChI is InChI=1S/C14H28N2/c1-11-8-12(2)16(9-11)10-14(15-3)13-6-4-5-7-13/h11-15H,4-10H2,1-3H3. The number of hydrogen-bond acceptors (Lipinski definition) is 2. The van der Waals surface area contributed by atoms with Crippen molar-refractivity contribution in [3.63, 3.8) is 0 Å². The Hall–Kier alpha value is -0.0800. The van der Waals surface area contributed by atoms with Gasteiger partial charge in [0.15, 0.2) is 0 Å². The first kappa shape index (κ1) is 12.4. The quantitative estimate of drug-likeness (QED) is 0.789. The summed E-state index contributed by atoms with van der Waals surface area (Å²) < 4.78 is 0. The summed E-state index contributed by atoms with van der Waals surface area (Å²) in [6.45, 7) is 7.37. The summed E-state index contributed by atoms with van der Waals surface area (Å²) in [5.74, 6) is 1.84. The molecule has 0 aromatic heterocycles. The van der Waals surface area contributed by atoms with E-state index in [1.165, 1.54) is 45.2 Å². The molecule has 2 rings (SSSR count). The summed E-state index contributed by atoms with van der Waals surface area (Å²) in [5, 5.41) is 3.56. The van der Waals surface area contributed by atoms with Crippen molar-refractivity contribution in [1.29, 1.82) is 0 Å². The second kappa shape index (κ2) is 5.50. The predicted octanol–water partition coefficient (Wildman–Crippen LogP) is 2.49. The van der Waals surface area contributed by atoms with Crippen LogP contribution in [0.2, 0.25) is 0 Å². The van der Waals surface area contributed by atoms with Gasteiger partial charge in [0, 0.05) is 25.2 Å². The van der Waals surface area contributed by atoms with Gasteiger partial charge in [-0.1, -0.05) is 19.8 Å². The molecule has 2 heteroatoms. The van der Waals surface area contributed by atoms with Crippen molar-refractivity contribution >= 4 is 0 Å². The lowest BCUT2D eigenvalue weighted by Crippen LogP contribution is -2.44. The molecule has 2 aliphatic rings. The molecular weight excluding hydrogens is 196 g/mol. The van der Waals surface area contributed by atoms with Crippen LogP contribution in [0.5, 0.6) is 0 Å². The van der Waals surface area contributed by atoms with Gasteiger partial charge in [0.05, 0.1) is 0 Å². The zero-order valence-corrected chi connectivity index (χ0v) is 11.2. The van der Waals surface area contributed by atoms with Crippen molar-refractivity contribution in [2.75, 3.05) is 20.1 Å². The summed E-state index contributed by atoms with van der Waals surface area (Å²) in [4.78, 5) is 2.70. The Morgan fingerprint density at radius 1 is 1.25 bits per heavy atom. The van der Waals surface area contributed by atoms with Crippen molar-refractivity contribution in [2.24, 2.45) is 11.8 Å². The summed E-state index contributed by atoms with van der Waals surface area (Å²) in [6, 6.07) is 1.53. The highest BCUT2D eigenvalue weighted by Crippen LogP contribution is 2.30. The number of nitrogens with one attached hydrogen (secondary N) is 1. The van der Waals surface area contributed by atoms with Crippen LogP contribution in [0.25, 0.3) is 0 Å². The number of hydrogen-bond donors (Lipinski definition) is 1. The van der Waals surface area contributed by atoms with Gasteiger partial charge < -0.3 is 5.32 Å². The molecule has 0 amide bonds. The van der Waals surface area contributed by atoms with E-state index < -0.39 is 0 Å².